The minimum atomic E-state index is -0.496. The van der Waals surface area contributed by atoms with Crippen LogP contribution in [0.5, 0.6) is 0 Å². The second-order valence-electron chi connectivity index (χ2n) is 6.34. The summed E-state index contributed by atoms with van der Waals surface area (Å²) >= 11 is 5.85. The van der Waals surface area contributed by atoms with Gasteiger partial charge in [-0.2, -0.15) is 4.98 Å². The molecule has 0 spiro atoms. The van der Waals surface area contributed by atoms with Crippen LogP contribution in [-0.4, -0.2) is 29.9 Å². The van der Waals surface area contributed by atoms with Crippen molar-refractivity contribution in [2.45, 2.75) is 13.5 Å². The smallest absolute Gasteiger partial charge is 0.229 e. The van der Waals surface area contributed by atoms with Crippen molar-refractivity contribution in [2.24, 2.45) is 0 Å². The number of nitrogens with one attached hydrogen (secondary N) is 2. The first-order valence-electron chi connectivity index (χ1n) is 8.94. The molecule has 30 heavy (non-hydrogen) atoms. The molecule has 0 saturated heterocycles. The Kier molecular flexibility index (Phi) is 5.71. The fourth-order valence-corrected chi connectivity index (χ4v) is 2.79. The Labute approximate surface area is 176 Å². The largest absolute Gasteiger partial charge is 0.364 e. The summed E-state index contributed by atoms with van der Waals surface area (Å²) in [5.41, 5.74) is 3.64. The standard InChI is InChI=1S/C20H16ClFN8/c1-12-5-26-15(8-25-12)9-27-19-16(13-6-23-11-24-7-13)10-28-20(30-19)29-14-2-3-18(22)17(21)4-14/h2-8,10-11H,9H2,1H3,(H2,27,28,29,30). The maximum absolute atomic E-state index is 13.4. The van der Waals surface area contributed by atoms with Crippen molar-refractivity contribution in [3.63, 3.8) is 0 Å². The van der Waals surface area contributed by atoms with Crippen LogP contribution in [0.2, 0.25) is 5.02 Å². The van der Waals surface area contributed by atoms with Gasteiger partial charge in [0.2, 0.25) is 5.95 Å². The molecule has 8 nitrogen and oxygen atoms in total. The van der Waals surface area contributed by atoms with Gasteiger partial charge < -0.3 is 10.6 Å². The van der Waals surface area contributed by atoms with E-state index in [9.17, 15) is 4.39 Å². The van der Waals surface area contributed by atoms with Gasteiger partial charge >= 0.3 is 0 Å². The summed E-state index contributed by atoms with van der Waals surface area (Å²) in [5, 5.41) is 6.29. The van der Waals surface area contributed by atoms with E-state index in [1.165, 1.54) is 18.5 Å². The first-order valence-corrected chi connectivity index (χ1v) is 9.32. The predicted molar refractivity (Wildman–Crippen MR) is 112 cm³/mol. The molecule has 4 aromatic rings. The summed E-state index contributed by atoms with van der Waals surface area (Å²) in [6, 6.07) is 4.29. The van der Waals surface area contributed by atoms with Gasteiger partial charge in [-0.3, -0.25) is 9.97 Å². The van der Waals surface area contributed by atoms with Crippen molar-refractivity contribution in [3.8, 4) is 11.1 Å². The lowest BCUT2D eigenvalue weighted by Gasteiger charge is -2.13. The van der Waals surface area contributed by atoms with E-state index in [0.717, 1.165) is 22.5 Å². The van der Waals surface area contributed by atoms with E-state index in [-0.39, 0.29) is 5.02 Å². The molecular formula is C20H16ClFN8. The molecule has 10 heteroatoms. The summed E-state index contributed by atoms with van der Waals surface area (Å²) in [6.45, 7) is 2.29. The minimum absolute atomic E-state index is 0.00866. The molecule has 3 heterocycles. The number of hydrogen-bond donors (Lipinski definition) is 2. The molecule has 3 aromatic heterocycles. The van der Waals surface area contributed by atoms with Gasteiger partial charge in [-0.25, -0.2) is 19.3 Å². The number of benzene rings is 1. The molecule has 0 unspecified atom stereocenters. The van der Waals surface area contributed by atoms with E-state index in [2.05, 4.69) is 40.5 Å². The summed E-state index contributed by atoms with van der Waals surface area (Å²) in [7, 11) is 0. The zero-order valence-corrected chi connectivity index (χ0v) is 16.6. The highest BCUT2D eigenvalue weighted by atomic mass is 35.5. The molecule has 0 aliphatic heterocycles. The summed E-state index contributed by atoms with van der Waals surface area (Å²) in [5.74, 6) is 0.373. The molecule has 4 rings (SSSR count). The number of hydrogen-bond acceptors (Lipinski definition) is 8. The van der Waals surface area contributed by atoms with Crippen LogP contribution in [0.15, 0.2) is 55.5 Å². The third-order valence-corrected chi connectivity index (χ3v) is 4.40. The quantitative estimate of drug-likeness (QED) is 0.477. The lowest BCUT2D eigenvalue weighted by Crippen LogP contribution is -2.08. The number of rotatable bonds is 6. The SMILES string of the molecule is Cc1cnc(CNc2nc(Nc3ccc(F)c(Cl)c3)ncc2-c2cncnc2)cn1. The van der Waals surface area contributed by atoms with Gasteiger partial charge in [0.05, 0.1) is 29.2 Å². The van der Waals surface area contributed by atoms with E-state index in [1.807, 2.05) is 6.92 Å². The molecular weight excluding hydrogens is 407 g/mol. The van der Waals surface area contributed by atoms with Gasteiger partial charge in [-0.1, -0.05) is 11.6 Å². The minimum Gasteiger partial charge on any atom is -0.364 e. The highest BCUT2D eigenvalue weighted by Crippen LogP contribution is 2.27. The van der Waals surface area contributed by atoms with Crippen molar-refractivity contribution >= 4 is 29.1 Å². The van der Waals surface area contributed by atoms with Crippen LogP contribution in [0.25, 0.3) is 11.1 Å². The number of halogens is 2. The molecule has 0 radical (unpaired) electrons. The third-order valence-electron chi connectivity index (χ3n) is 4.11. The second-order valence-corrected chi connectivity index (χ2v) is 6.75. The first kappa shape index (κ1) is 19.6. The van der Waals surface area contributed by atoms with Crippen LogP contribution in [-0.2, 0) is 6.54 Å². The lowest BCUT2D eigenvalue weighted by atomic mass is 10.1. The Morgan fingerprint density at radius 1 is 1.00 bits per heavy atom. The summed E-state index contributed by atoms with van der Waals surface area (Å²) in [4.78, 5) is 25.6. The van der Waals surface area contributed by atoms with Crippen LogP contribution in [0.3, 0.4) is 0 Å². The van der Waals surface area contributed by atoms with Crippen LogP contribution in [0.4, 0.5) is 21.8 Å². The molecule has 2 N–H and O–H groups in total. The Morgan fingerprint density at radius 3 is 2.57 bits per heavy atom. The first-order chi connectivity index (χ1) is 14.6. The van der Waals surface area contributed by atoms with Crippen molar-refractivity contribution in [3.05, 3.63) is 77.7 Å². The number of aryl methyl sites for hydroxylation is 1. The normalized spacial score (nSPS) is 10.6. The van der Waals surface area contributed by atoms with E-state index in [1.54, 1.807) is 37.1 Å². The Hall–Kier alpha value is -3.72. The third kappa shape index (κ3) is 4.64. The fraction of sp³-hybridized carbons (Fsp3) is 0.100. The number of aromatic nitrogens is 6. The van der Waals surface area contributed by atoms with Gasteiger partial charge in [-0.15, -0.1) is 0 Å². The molecule has 150 valence electrons. The zero-order chi connectivity index (χ0) is 20.9. The van der Waals surface area contributed by atoms with E-state index < -0.39 is 5.82 Å². The number of nitrogens with zero attached hydrogens (tertiary/aromatic N) is 6. The number of anilines is 3. The Balaban J connectivity index is 1.63. The molecule has 0 amide bonds. The van der Waals surface area contributed by atoms with Gasteiger partial charge in [0.15, 0.2) is 0 Å². The van der Waals surface area contributed by atoms with Crippen LogP contribution in [0.1, 0.15) is 11.4 Å². The molecule has 1 aromatic carbocycles. The maximum Gasteiger partial charge on any atom is 0.229 e. The monoisotopic (exact) mass is 422 g/mol. The fourth-order valence-electron chi connectivity index (χ4n) is 2.61. The van der Waals surface area contributed by atoms with Gasteiger partial charge in [0.25, 0.3) is 0 Å². The average molecular weight is 423 g/mol. The van der Waals surface area contributed by atoms with Gasteiger partial charge in [-0.05, 0) is 25.1 Å². The predicted octanol–water partition coefficient (Wildman–Crippen LogP) is 4.18. The summed E-state index contributed by atoms with van der Waals surface area (Å²) < 4.78 is 13.4. The van der Waals surface area contributed by atoms with Crippen LogP contribution >= 0.6 is 11.6 Å². The molecule has 0 aliphatic carbocycles. The van der Waals surface area contributed by atoms with Crippen molar-refractivity contribution in [1.29, 1.82) is 0 Å². The zero-order valence-electron chi connectivity index (χ0n) is 15.8. The molecule has 0 fully saturated rings. The summed E-state index contributed by atoms with van der Waals surface area (Å²) in [6.07, 6.45) is 9.86. The topological polar surface area (TPSA) is 101 Å². The van der Waals surface area contributed by atoms with E-state index in [4.69, 9.17) is 11.6 Å². The molecule has 0 saturated carbocycles. The molecule has 0 bridgehead atoms. The van der Waals surface area contributed by atoms with Gasteiger partial charge in [0.1, 0.15) is 18.0 Å². The molecule has 0 aliphatic rings. The van der Waals surface area contributed by atoms with E-state index >= 15 is 0 Å². The van der Waals surface area contributed by atoms with Crippen molar-refractivity contribution in [2.75, 3.05) is 10.6 Å². The Morgan fingerprint density at radius 2 is 1.83 bits per heavy atom. The Bertz CT molecular complexity index is 1160. The molecule has 0 atom stereocenters. The van der Waals surface area contributed by atoms with Crippen molar-refractivity contribution in [1.82, 2.24) is 29.9 Å². The van der Waals surface area contributed by atoms with Crippen LogP contribution < -0.4 is 10.6 Å². The van der Waals surface area contributed by atoms with Crippen LogP contribution in [0, 0.1) is 12.7 Å². The van der Waals surface area contributed by atoms with Crippen molar-refractivity contribution < 1.29 is 4.39 Å². The lowest BCUT2D eigenvalue weighted by molar-refractivity contribution is 0.628. The van der Waals surface area contributed by atoms with Gasteiger partial charge in [0, 0.05) is 41.6 Å². The highest BCUT2D eigenvalue weighted by molar-refractivity contribution is 6.31. The average Bonchev–Trinajstić information content (AvgIpc) is 2.77. The highest BCUT2D eigenvalue weighted by Gasteiger charge is 2.11. The van der Waals surface area contributed by atoms with E-state index in [0.29, 0.717) is 24.0 Å². The second kappa shape index (κ2) is 8.75. The maximum atomic E-state index is 13.4.